The minimum absolute atomic E-state index is 0.818. The SMILES string of the molecule is CNc1cccc(CNc2c(C)[nH]c3ccccc23)c1. The third kappa shape index (κ3) is 2.35. The van der Waals surface area contributed by atoms with Gasteiger partial charge in [-0.2, -0.15) is 0 Å². The summed E-state index contributed by atoms with van der Waals surface area (Å²) in [5.74, 6) is 0. The lowest BCUT2D eigenvalue weighted by atomic mass is 10.2. The molecule has 0 unspecified atom stereocenters. The Bertz CT molecular complexity index is 728. The first kappa shape index (κ1) is 12.6. The van der Waals surface area contributed by atoms with Gasteiger partial charge in [0, 0.05) is 35.9 Å². The van der Waals surface area contributed by atoms with Crippen molar-refractivity contribution in [3.8, 4) is 0 Å². The van der Waals surface area contributed by atoms with Crippen LogP contribution in [0.2, 0.25) is 0 Å². The number of aromatic nitrogens is 1. The van der Waals surface area contributed by atoms with Crippen LogP contribution in [0.25, 0.3) is 10.9 Å². The number of para-hydroxylation sites is 1. The van der Waals surface area contributed by atoms with Crippen LogP contribution < -0.4 is 10.6 Å². The number of anilines is 2. The van der Waals surface area contributed by atoms with Crippen LogP contribution in [0.1, 0.15) is 11.3 Å². The molecule has 2 aromatic carbocycles. The summed E-state index contributed by atoms with van der Waals surface area (Å²) < 4.78 is 0. The Morgan fingerprint density at radius 2 is 1.90 bits per heavy atom. The van der Waals surface area contributed by atoms with Crippen LogP contribution >= 0.6 is 0 Å². The second-order valence-electron chi connectivity index (χ2n) is 4.97. The van der Waals surface area contributed by atoms with E-state index in [1.165, 1.54) is 27.8 Å². The minimum atomic E-state index is 0.818. The van der Waals surface area contributed by atoms with Gasteiger partial charge < -0.3 is 15.6 Å². The molecule has 0 atom stereocenters. The summed E-state index contributed by atoms with van der Waals surface area (Å²) in [6, 6.07) is 16.8. The van der Waals surface area contributed by atoms with Gasteiger partial charge in [-0.05, 0) is 30.7 Å². The van der Waals surface area contributed by atoms with E-state index < -0.39 is 0 Å². The Labute approximate surface area is 119 Å². The molecule has 0 aliphatic heterocycles. The van der Waals surface area contributed by atoms with E-state index in [1.807, 2.05) is 7.05 Å². The molecule has 0 saturated heterocycles. The lowest BCUT2D eigenvalue weighted by Crippen LogP contribution is -2.00. The highest BCUT2D eigenvalue weighted by Gasteiger charge is 2.07. The smallest absolute Gasteiger partial charge is 0.0630 e. The lowest BCUT2D eigenvalue weighted by molar-refractivity contribution is 1.14. The van der Waals surface area contributed by atoms with Crippen LogP contribution in [0.5, 0.6) is 0 Å². The molecule has 1 aromatic heterocycles. The van der Waals surface area contributed by atoms with E-state index in [1.54, 1.807) is 0 Å². The number of aromatic amines is 1. The Morgan fingerprint density at radius 3 is 2.75 bits per heavy atom. The lowest BCUT2D eigenvalue weighted by Gasteiger charge is -2.08. The third-order valence-corrected chi connectivity index (χ3v) is 3.58. The first-order valence-corrected chi connectivity index (χ1v) is 6.86. The molecule has 3 rings (SSSR count). The van der Waals surface area contributed by atoms with Crippen LogP contribution in [0.4, 0.5) is 11.4 Å². The number of benzene rings is 2. The number of H-pyrrole nitrogens is 1. The summed E-state index contributed by atoms with van der Waals surface area (Å²) in [6.45, 7) is 2.92. The standard InChI is InChI=1S/C17H19N3/c1-12-17(15-8-3-4-9-16(15)20-12)19-11-13-6-5-7-14(10-13)18-2/h3-10,18-20H,11H2,1-2H3. The van der Waals surface area contributed by atoms with Gasteiger partial charge in [0.05, 0.1) is 5.69 Å². The van der Waals surface area contributed by atoms with Crippen molar-refractivity contribution in [2.75, 3.05) is 17.7 Å². The van der Waals surface area contributed by atoms with Crippen molar-refractivity contribution in [1.82, 2.24) is 4.98 Å². The number of rotatable bonds is 4. The highest BCUT2D eigenvalue weighted by atomic mass is 14.9. The topological polar surface area (TPSA) is 39.8 Å². The first-order valence-electron chi connectivity index (χ1n) is 6.86. The highest BCUT2D eigenvalue weighted by Crippen LogP contribution is 2.27. The number of nitrogens with one attached hydrogen (secondary N) is 3. The number of hydrogen-bond acceptors (Lipinski definition) is 2. The Morgan fingerprint density at radius 1 is 1.05 bits per heavy atom. The fourth-order valence-corrected chi connectivity index (χ4v) is 2.53. The largest absolute Gasteiger partial charge is 0.388 e. The predicted molar refractivity (Wildman–Crippen MR) is 86.4 cm³/mol. The maximum atomic E-state index is 3.54. The Kier molecular flexibility index (Phi) is 3.33. The van der Waals surface area contributed by atoms with Gasteiger partial charge in [0.2, 0.25) is 0 Å². The maximum absolute atomic E-state index is 3.54. The van der Waals surface area contributed by atoms with E-state index in [0.29, 0.717) is 0 Å². The second kappa shape index (κ2) is 5.29. The maximum Gasteiger partial charge on any atom is 0.0630 e. The van der Waals surface area contributed by atoms with Crippen LogP contribution in [0, 0.1) is 6.92 Å². The molecule has 3 aromatic rings. The molecule has 3 heteroatoms. The van der Waals surface area contributed by atoms with Gasteiger partial charge >= 0.3 is 0 Å². The average molecular weight is 265 g/mol. The monoisotopic (exact) mass is 265 g/mol. The van der Waals surface area contributed by atoms with Crippen molar-refractivity contribution in [1.29, 1.82) is 0 Å². The minimum Gasteiger partial charge on any atom is -0.388 e. The number of fused-ring (bicyclic) bond motifs is 1. The van der Waals surface area contributed by atoms with Gasteiger partial charge in [0.1, 0.15) is 0 Å². The van der Waals surface area contributed by atoms with Crippen LogP contribution in [0.3, 0.4) is 0 Å². The molecule has 1 heterocycles. The van der Waals surface area contributed by atoms with Gasteiger partial charge in [-0.25, -0.2) is 0 Å². The van der Waals surface area contributed by atoms with Gasteiger partial charge in [0.25, 0.3) is 0 Å². The van der Waals surface area contributed by atoms with Crippen molar-refractivity contribution in [3.63, 3.8) is 0 Å². The summed E-state index contributed by atoms with van der Waals surface area (Å²) >= 11 is 0. The summed E-state index contributed by atoms with van der Waals surface area (Å²) in [7, 11) is 1.94. The van der Waals surface area contributed by atoms with Gasteiger partial charge in [-0.3, -0.25) is 0 Å². The summed E-state index contributed by atoms with van der Waals surface area (Å²) in [6.07, 6.45) is 0. The molecule has 0 aliphatic carbocycles. The molecule has 0 radical (unpaired) electrons. The molecule has 3 nitrogen and oxygen atoms in total. The molecule has 0 amide bonds. The first-order chi connectivity index (χ1) is 9.78. The zero-order valence-corrected chi connectivity index (χ0v) is 11.8. The molecular formula is C17H19N3. The molecule has 102 valence electrons. The molecule has 0 bridgehead atoms. The zero-order chi connectivity index (χ0) is 13.9. The van der Waals surface area contributed by atoms with Crippen molar-refractivity contribution < 1.29 is 0 Å². The highest BCUT2D eigenvalue weighted by molar-refractivity contribution is 5.94. The van der Waals surface area contributed by atoms with Gasteiger partial charge in [-0.1, -0.05) is 30.3 Å². The molecule has 0 spiro atoms. The predicted octanol–water partition coefficient (Wildman–Crippen LogP) is 4.13. The third-order valence-electron chi connectivity index (χ3n) is 3.58. The van der Waals surface area contributed by atoms with E-state index in [4.69, 9.17) is 0 Å². The molecule has 0 aliphatic rings. The Hall–Kier alpha value is -2.42. The summed E-state index contributed by atoms with van der Waals surface area (Å²) in [4.78, 5) is 3.41. The quantitative estimate of drug-likeness (QED) is 0.663. The molecule has 0 saturated carbocycles. The number of hydrogen-bond donors (Lipinski definition) is 3. The van der Waals surface area contributed by atoms with E-state index >= 15 is 0 Å². The normalized spacial score (nSPS) is 10.7. The number of aryl methyl sites for hydroxylation is 1. The van der Waals surface area contributed by atoms with Gasteiger partial charge in [0.15, 0.2) is 0 Å². The summed E-state index contributed by atoms with van der Waals surface area (Å²) in [5, 5.41) is 7.96. The molecule has 0 fully saturated rings. The van der Waals surface area contributed by atoms with E-state index in [2.05, 4.69) is 71.1 Å². The molecule has 3 N–H and O–H groups in total. The Balaban J connectivity index is 1.84. The van der Waals surface area contributed by atoms with Crippen molar-refractivity contribution in [2.24, 2.45) is 0 Å². The average Bonchev–Trinajstić information content (AvgIpc) is 2.81. The van der Waals surface area contributed by atoms with Gasteiger partial charge in [-0.15, -0.1) is 0 Å². The summed E-state index contributed by atoms with van der Waals surface area (Å²) in [5.41, 5.74) is 5.95. The molecular weight excluding hydrogens is 246 g/mol. The van der Waals surface area contributed by atoms with E-state index in [9.17, 15) is 0 Å². The molecule has 20 heavy (non-hydrogen) atoms. The van der Waals surface area contributed by atoms with E-state index in [0.717, 1.165) is 12.2 Å². The van der Waals surface area contributed by atoms with Crippen molar-refractivity contribution in [2.45, 2.75) is 13.5 Å². The fraction of sp³-hybridized carbons (Fsp3) is 0.176. The van der Waals surface area contributed by atoms with Crippen LogP contribution in [0.15, 0.2) is 48.5 Å². The van der Waals surface area contributed by atoms with Crippen molar-refractivity contribution >= 4 is 22.3 Å². The fourth-order valence-electron chi connectivity index (χ4n) is 2.53. The van der Waals surface area contributed by atoms with Crippen LogP contribution in [-0.4, -0.2) is 12.0 Å². The second-order valence-corrected chi connectivity index (χ2v) is 4.97. The van der Waals surface area contributed by atoms with Crippen molar-refractivity contribution in [3.05, 3.63) is 59.8 Å². The van der Waals surface area contributed by atoms with Crippen LogP contribution in [-0.2, 0) is 6.54 Å². The van der Waals surface area contributed by atoms with E-state index in [-0.39, 0.29) is 0 Å². The zero-order valence-electron chi connectivity index (χ0n) is 11.8.